The minimum Gasteiger partial charge on any atom is -0.322 e. The Morgan fingerprint density at radius 1 is 1.00 bits per heavy atom. The summed E-state index contributed by atoms with van der Waals surface area (Å²) in [7, 11) is 0. The summed E-state index contributed by atoms with van der Waals surface area (Å²) in [4.78, 5) is 17.8. The van der Waals surface area contributed by atoms with Crippen molar-refractivity contribution in [3.05, 3.63) is 82.7 Å². The van der Waals surface area contributed by atoms with Crippen LogP contribution < -0.4 is 5.32 Å². The fraction of sp³-hybridized carbons (Fsp3) is 0.208. The van der Waals surface area contributed by atoms with Gasteiger partial charge in [-0.05, 0) is 63.1 Å². The number of carbonyl (C=O) groups is 1. The number of fused-ring (bicyclic) bond motifs is 1. The maximum absolute atomic E-state index is 13.1. The van der Waals surface area contributed by atoms with E-state index in [2.05, 4.69) is 22.3 Å². The fourth-order valence-corrected chi connectivity index (χ4v) is 3.48. The molecule has 4 aromatic rings. The van der Waals surface area contributed by atoms with Crippen molar-refractivity contribution in [1.82, 2.24) is 14.8 Å². The number of amides is 1. The second kappa shape index (κ2) is 7.51. The molecule has 1 amide bonds. The number of nitrogens with one attached hydrogen (secondary N) is 1. The lowest BCUT2D eigenvalue weighted by molar-refractivity contribution is 0.102. The van der Waals surface area contributed by atoms with E-state index in [0.29, 0.717) is 11.2 Å². The minimum atomic E-state index is -0.156. The largest absolute Gasteiger partial charge is 0.322 e. The first-order valence-electron chi connectivity index (χ1n) is 9.80. The maximum Gasteiger partial charge on any atom is 0.256 e. The summed E-state index contributed by atoms with van der Waals surface area (Å²) < 4.78 is 1.81. The van der Waals surface area contributed by atoms with Gasteiger partial charge in [-0.3, -0.25) is 4.79 Å². The van der Waals surface area contributed by atoms with Crippen LogP contribution in [0.15, 0.2) is 54.6 Å². The van der Waals surface area contributed by atoms with Gasteiger partial charge < -0.3 is 5.32 Å². The van der Waals surface area contributed by atoms with E-state index in [4.69, 9.17) is 0 Å². The molecule has 5 heteroatoms. The van der Waals surface area contributed by atoms with E-state index >= 15 is 0 Å². The van der Waals surface area contributed by atoms with Gasteiger partial charge in [0.1, 0.15) is 0 Å². The Kier molecular flexibility index (Phi) is 4.89. The molecule has 2 aromatic carbocycles. The SMILES string of the molecule is CCc1ccc(NC(=O)c2cc(C)nc3c2c(C)nn3-c2ccc(C)cc2)cc1. The Morgan fingerprint density at radius 2 is 1.69 bits per heavy atom. The normalized spacial score (nSPS) is 11.0. The first-order valence-corrected chi connectivity index (χ1v) is 9.80. The lowest BCUT2D eigenvalue weighted by Crippen LogP contribution is -2.13. The third-order valence-electron chi connectivity index (χ3n) is 5.08. The number of hydrogen-bond donors (Lipinski definition) is 1. The molecule has 0 aliphatic carbocycles. The number of nitrogens with zero attached hydrogens (tertiary/aromatic N) is 3. The molecule has 0 aliphatic rings. The third-order valence-corrected chi connectivity index (χ3v) is 5.08. The van der Waals surface area contributed by atoms with Gasteiger partial charge in [-0.1, -0.05) is 36.8 Å². The van der Waals surface area contributed by atoms with E-state index in [0.717, 1.165) is 34.6 Å². The maximum atomic E-state index is 13.1. The summed E-state index contributed by atoms with van der Waals surface area (Å²) in [5.41, 5.74) is 6.95. The van der Waals surface area contributed by atoms with Crippen molar-refractivity contribution < 1.29 is 4.79 Å². The van der Waals surface area contributed by atoms with Crippen molar-refractivity contribution >= 4 is 22.6 Å². The number of pyridine rings is 1. The smallest absolute Gasteiger partial charge is 0.256 e. The van der Waals surface area contributed by atoms with E-state index in [1.807, 2.05) is 80.1 Å². The molecule has 0 saturated heterocycles. The van der Waals surface area contributed by atoms with Crippen molar-refractivity contribution in [2.24, 2.45) is 0 Å². The number of aromatic nitrogens is 3. The zero-order valence-corrected chi connectivity index (χ0v) is 17.2. The molecular weight excluding hydrogens is 360 g/mol. The molecule has 29 heavy (non-hydrogen) atoms. The summed E-state index contributed by atoms with van der Waals surface area (Å²) in [5.74, 6) is -0.156. The summed E-state index contributed by atoms with van der Waals surface area (Å²) in [6, 6.07) is 17.9. The Balaban J connectivity index is 1.78. The van der Waals surface area contributed by atoms with E-state index in [-0.39, 0.29) is 5.91 Å². The van der Waals surface area contributed by atoms with Crippen LogP contribution in [-0.4, -0.2) is 20.7 Å². The van der Waals surface area contributed by atoms with Gasteiger partial charge in [0, 0.05) is 11.4 Å². The van der Waals surface area contributed by atoms with Gasteiger partial charge in [-0.2, -0.15) is 5.10 Å². The van der Waals surface area contributed by atoms with Crippen molar-refractivity contribution in [3.8, 4) is 5.69 Å². The summed E-state index contributed by atoms with van der Waals surface area (Å²) in [6.45, 7) is 7.97. The van der Waals surface area contributed by atoms with Crippen LogP contribution in [0.25, 0.3) is 16.7 Å². The molecule has 146 valence electrons. The van der Waals surface area contributed by atoms with Crippen LogP contribution in [-0.2, 0) is 6.42 Å². The number of benzene rings is 2. The number of anilines is 1. The molecule has 1 N–H and O–H groups in total. The lowest BCUT2D eigenvalue weighted by Gasteiger charge is -2.09. The first kappa shape index (κ1) is 18.9. The Bertz CT molecular complexity index is 1190. The third kappa shape index (κ3) is 3.63. The molecule has 0 fully saturated rings. The van der Waals surface area contributed by atoms with Crippen LogP contribution in [0, 0.1) is 20.8 Å². The highest BCUT2D eigenvalue weighted by Crippen LogP contribution is 2.26. The van der Waals surface area contributed by atoms with E-state index < -0.39 is 0 Å². The van der Waals surface area contributed by atoms with Crippen LogP contribution in [0.4, 0.5) is 5.69 Å². The van der Waals surface area contributed by atoms with E-state index in [9.17, 15) is 4.79 Å². The second-order valence-electron chi connectivity index (χ2n) is 7.35. The minimum absolute atomic E-state index is 0.156. The lowest BCUT2D eigenvalue weighted by atomic mass is 10.1. The molecule has 0 atom stereocenters. The Labute approximate surface area is 170 Å². The van der Waals surface area contributed by atoms with E-state index in [1.54, 1.807) is 0 Å². The highest BCUT2D eigenvalue weighted by atomic mass is 16.1. The summed E-state index contributed by atoms with van der Waals surface area (Å²) >= 11 is 0. The van der Waals surface area contributed by atoms with Crippen molar-refractivity contribution in [2.75, 3.05) is 5.32 Å². The molecule has 4 rings (SSSR count). The van der Waals surface area contributed by atoms with Gasteiger partial charge in [-0.15, -0.1) is 0 Å². The van der Waals surface area contributed by atoms with Crippen molar-refractivity contribution in [1.29, 1.82) is 0 Å². The highest BCUT2D eigenvalue weighted by molar-refractivity contribution is 6.12. The fourth-order valence-electron chi connectivity index (χ4n) is 3.48. The Morgan fingerprint density at radius 3 is 2.34 bits per heavy atom. The topological polar surface area (TPSA) is 59.8 Å². The quantitative estimate of drug-likeness (QED) is 0.529. The molecule has 5 nitrogen and oxygen atoms in total. The monoisotopic (exact) mass is 384 g/mol. The Hall–Kier alpha value is -3.47. The molecule has 0 spiro atoms. The highest BCUT2D eigenvalue weighted by Gasteiger charge is 2.19. The van der Waals surface area contributed by atoms with Crippen LogP contribution in [0.3, 0.4) is 0 Å². The van der Waals surface area contributed by atoms with Gasteiger partial charge in [0.25, 0.3) is 5.91 Å². The standard InChI is InChI=1S/C24H24N4O/c1-5-18-8-10-19(11-9-18)26-24(29)21-14-16(3)25-23-22(21)17(4)27-28(23)20-12-6-15(2)7-13-20/h6-14H,5H2,1-4H3,(H,26,29). The molecule has 0 aliphatic heterocycles. The average molecular weight is 384 g/mol. The molecule has 2 heterocycles. The van der Waals surface area contributed by atoms with Crippen LogP contribution in [0.1, 0.15) is 39.8 Å². The van der Waals surface area contributed by atoms with Crippen LogP contribution in [0.2, 0.25) is 0 Å². The molecular formula is C24H24N4O. The first-order chi connectivity index (χ1) is 14.0. The second-order valence-corrected chi connectivity index (χ2v) is 7.35. The van der Waals surface area contributed by atoms with Crippen LogP contribution in [0.5, 0.6) is 0 Å². The number of carbonyl (C=O) groups excluding carboxylic acids is 1. The molecule has 2 aromatic heterocycles. The zero-order valence-electron chi connectivity index (χ0n) is 17.2. The molecule has 0 unspecified atom stereocenters. The van der Waals surface area contributed by atoms with E-state index in [1.165, 1.54) is 11.1 Å². The summed E-state index contributed by atoms with van der Waals surface area (Å²) in [5, 5.41) is 8.46. The molecule has 0 bridgehead atoms. The van der Waals surface area contributed by atoms with Gasteiger partial charge >= 0.3 is 0 Å². The summed E-state index contributed by atoms with van der Waals surface area (Å²) in [6.07, 6.45) is 0.968. The number of hydrogen-bond acceptors (Lipinski definition) is 3. The predicted molar refractivity (Wildman–Crippen MR) is 117 cm³/mol. The molecule has 0 saturated carbocycles. The van der Waals surface area contributed by atoms with Gasteiger partial charge in [0.05, 0.1) is 22.3 Å². The number of aryl methyl sites for hydroxylation is 4. The van der Waals surface area contributed by atoms with Crippen LogP contribution >= 0.6 is 0 Å². The average Bonchev–Trinajstić information content (AvgIpc) is 3.04. The van der Waals surface area contributed by atoms with Gasteiger partial charge in [0.2, 0.25) is 0 Å². The van der Waals surface area contributed by atoms with Crippen molar-refractivity contribution in [3.63, 3.8) is 0 Å². The predicted octanol–water partition coefficient (Wildman–Crippen LogP) is 5.16. The van der Waals surface area contributed by atoms with Gasteiger partial charge in [-0.25, -0.2) is 9.67 Å². The molecule has 0 radical (unpaired) electrons. The zero-order chi connectivity index (χ0) is 20.5. The number of rotatable bonds is 4. The van der Waals surface area contributed by atoms with Crippen molar-refractivity contribution in [2.45, 2.75) is 34.1 Å². The van der Waals surface area contributed by atoms with Gasteiger partial charge in [0.15, 0.2) is 5.65 Å².